The van der Waals surface area contributed by atoms with Crippen LogP contribution in [-0.2, 0) is 16.4 Å². The van der Waals surface area contributed by atoms with Crippen molar-refractivity contribution >= 4 is 39.4 Å². The normalized spacial score (nSPS) is 17.4. The standard InChI is InChI=1S/C30H34N6O3S/c1-5-20-16-21(17-22-18-32-30(35-28(20)22)33-24-12-10-23(31-3)11-13-24)25-14-15-27(34-29(25)39-4)36-40(37,38)26-9-7-6-8-19(26)2/h6-9,14-18,23-24H,3,5,10-13H2,1-2,4H3,(H,34,36)(H,32,33,35). The molecule has 0 saturated heterocycles. The smallest absolute Gasteiger partial charge is 0.263 e. The van der Waals surface area contributed by atoms with E-state index in [-0.39, 0.29) is 10.7 Å². The molecule has 1 aliphatic rings. The third kappa shape index (κ3) is 5.77. The Kier molecular flexibility index (Phi) is 7.97. The molecule has 2 aromatic carbocycles. The van der Waals surface area contributed by atoms with E-state index in [0.717, 1.165) is 59.7 Å². The Morgan fingerprint density at radius 2 is 1.85 bits per heavy atom. The molecule has 0 atom stereocenters. The van der Waals surface area contributed by atoms with Crippen molar-refractivity contribution in [3.63, 3.8) is 0 Å². The second-order valence-corrected chi connectivity index (χ2v) is 11.7. The molecule has 0 radical (unpaired) electrons. The second-order valence-electron chi connectivity index (χ2n) is 10.1. The largest absolute Gasteiger partial charge is 0.480 e. The molecule has 5 rings (SSSR count). The lowest BCUT2D eigenvalue weighted by atomic mass is 9.92. The summed E-state index contributed by atoms with van der Waals surface area (Å²) in [5.41, 5.74) is 4.26. The topological polar surface area (TPSA) is 118 Å². The Morgan fingerprint density at radius 3 is 2.55 bits per heavy atom. The van der Waals surface area contributed by atoms with Crippen molar-refractivity contribution in [3.8, 4) is 17.0 Å². The molecule has 0 bridgehead atoms. The lowest BCUT2D eigenvalue weighted by Gasteiger charge is -2.26. The number of hydrogen-bond acceptors (Lipinski definition) is 8. The van der Waals surface area contributed by atoms with Gasteiger partial charge < -0.3 is 10.1 Å². The van der Waals surface area contributed by atoms with E-state index in [1.165, 1.54) is 7.11 Å². The number of methoxy groups -OCH3 is 1. The number of aryl methyl sites for hydroxylation is 2. The molecule has 2 aromatic heterocycles. The van der Waals surface area contributed by atoms with Gasteiger partial charge in [-0.15, -0.1) is 0 Å². The molecule has 0 aliphatic heterocycles. The van der Waals surface area contributed by atoms with E-state index in [1.54, 1.807) is 37.3 Å². The summed E-state index contributed by atoms with van der Waals surface area (Å²) < 4.78 is 34.1. The van der Waals surface area contributed by atoms with Crippen LogP contribution in [0.4, 0.5) is 11.8 Å². The number of anilines is 2. The van der Waals surface area contributed by atoms with E-state index in [1.807, 2.05) is 18.3 Å². The van der Waals surface area contributed by atoms with Gasteiger partial charge in [-0.25, -0.2) is 18.4 Å². The number of aromatic nitrogens is 3. The number of fused-ring (bicyclic) bond motifs is 1. The quantitative estimate of drug-likeness (QED) is 0.249. The van der Waals surface area contributed by atoms with Crippen LogP contribution in [0, 0.1) is 6.92 Å². The van der Waals surface area contributed by atoms with Crippen molar-refractivity contribution in [1.82, 2.24) is 15.0 Å². The van der Waals surface area contributed by atoms with E-state index in [4.69, 9.17) is 9.72 Å². The van der Waals surface area contributed by atoms with Gasteiger partial charge >= 0.3 is 0 Å². The fraction of sp³-hybridized carbons (Fsp3) is 0.333. The average Bonchev–Trinajstić information content (AvgIpc) is 2.97. The predicted molar refractivity (Wildman–Crippen MR) is 160 cm³/mol. The van der Waals surface area contributed by atoms with E-state index >= 15 is 0 Å². The molecule has 1 fully saturated rings. The number of pyridine rings is 1. The van der Waals surface area contributed by atoms with Gasteiger partial charge in [0.15, 0.2) is 0 Å². The van der Waals surface area contributed by atoms with E-state index in [0.29, 0.717) is 29.5 Å². The van der Waals surface area contributed by atoms with Gasteiger partial charge in [0.05, 0.1) is 17.5 Å². The van der Waals surface area contributed by atoms with Crippen molar-refractivity contribution < 1.29 is 13.2 Å². The number of hydrogen-bond donors (Lipinski definition) is 2. The molecule has 2 heterocycles. The average molecular weight is 559 g/mol. The van der Waals surface area contributed by atoms with Crippen molar-refractivity contribution in [1.29, 1.82) is 0 Å². The number of aliphatic imine (C=N–C) groups is 1. The van der Waals surface area contributed by atoms with Gasteiger partial charge in [0.1, 0.15) is 5.82 Å². The Labute approximate surface area is 235 Å². The van der Waals surface area contributed by atoms with E-state index in [9.17, 15) is 8.42 Å². The van der Waals surface area contributed by atoms with Crippen molar-refractivity contribution in [3.05, 3.63) is 65.9 Å². The molecule has 0 amide bonds. The molecular weight excluding hydrogens is 524 g/mol. The lowest BCUT2D eigenvalue weighted by molar-refractivity contribution is 0.400. The van der Waals surface area contributed by atoms with E-state index < -0.39 is 10.0 Å². The Balaban J connectivity index is 1.42. The first-order valence-electron chi connectivity index (χ1n) is 13.5. The van der Waals surface area contributed by atoms with Crippen LogP contribution in [0.15, 0.2) is 64.6 Å². The fourth-order valence-corrected chi connectivity index (χ4v) is 6.47. The highest BCUT2D eigenvalue weighted by atomic mass is 32.2. The lowest BCUT2D eigenvalue weighted by Crippen LogP contribution is -2.28. The number of ether oxygens (including phenoxy) is 1. The molecule has 0 spiro atoms. The summed E-state index contributed by atoms with van der Waals surface area (Å²) in [4.78, 5) is 18.3. The minimum Gasteiger partial charge on any atom is -0.480 e. The molecule has 0 unspecified atom stereocenters. The summed E-state index contributed by atoms with van der Waals surface area (Å²) in [5, 5.41) is 4.41. The third-order valence-electron chi connectivity index (χ3n) is 7.42. The maximum atomic E-state index is 13.0. The van der Waals surface area contributed by atoms with Gasteiger partial charge in [-0.05, 0) is 92.8 Å². The first-order valence-corrected chi connectivity index (χ1v) is 15.0. The van der Waals surface area contributed by atoms with Gasteiger partial charge in [0.2, 0.25) is 11.8 Å². The summed E-state index contributed by atoms with van der Waals surface area (Å²) in [6.07, 6.45) is 6.72. The number of rotatable bonds is 9. The highest BCUT2D eigenvalue weighted by Gasteiger charge is 2.22. The van der Waals surface area contributed by atoms with Gasteiger partial charge in [-0.3, -0.25) is 9.71 Å². The zero-order valence-electron chi connectivity index (χ0n) is 23.0. The molecule has 40 heavy (non-hydrogen) atoms. The zero-order valence-corrected chi connectivity index (χ0v) is 23.8. The molecule has 2 N–H and O–H groups in total. The van der Waals surface area contributed by atoms with Crippen molar-refractivity contribution in [2.75, 3.05) is 17.1 Å². The Bertz CT molecular complexity index is 1650. The Hall–Kier alpha value is -4.05. The molecule has 1 saturated carbocycles. The molecule has 1 aliphatic carbocycles. The summed E-state index contributed by atoms with van der Waals surface area (Å²) in [7, 11) is -2.28. The maximum Gasteiger partial charge on any atom is 0.263 e. The third-order valence-corrected chi connectivity index (χ3v) is 8.93. The first-order chi connectivity index (χ1) is 19.3. The first kappa shape index (κ1) is 27.5. The highest BCUT2D eigenvalue weighted by molar-refractivity contribution is 7.92. The van der Waals surface area contributed by atoms with Crippen LogP contribution >= 0.6 is 0 Å². The molecule has 9 nitrogen and oxygen atoms in total. The highest BCUT2D eigenvalue weighted by Crippen LogP contribution is 2.34. The van der Waals surface area contributed by atoms with Gasteiger partial charge in [-0.1, -0.05) is 25.1 Å². The van der Waals surface area contributed by atoms with Gasteiger partial charge in [0.25, 0.3) is 10.0 Å². The minimum atomic E-state index is -3.80. The predicted octanol–water partition coefficient (Wildman–Crippen LogP) is 5.80. The van der Waals surface area contributed by atoms with Crippen molar-refractivity contribution in [2.24, 2.45) is 4.99 Å². The van der Waals surface area contributed by atoms with Gasteiger partial charge in [0, 0.05) is 29.2 Å². The molecular formula is C30H34N6O3S. The molecule has 4 aromatic rings. The van der Waals surface area contributed by atoms with Crippen LogP contribution in [0.1, 0.15) is 43.7 Å². The van der Waals surface area contributed by atoms with Crippen LogP contribution < -0.4 is 14.8 Å². The molecule has 208 valence electrons. The summed E-state index contributed by atoms with van der Waals surface area (Å²) in [5.74, 6) is 1.13. The number of sulfonamides is 1. The van der Waals surface area contributed by atoms with Crippen LogP contribution in [0.3, 0.4) is 0 Å². The monoisotopic (exact) mass is 558 g/mol. The SMILES string of the molecule is C=NC1CCC(Nc2ncc3cc(-c4ccc(NS(=O)(=O)c5ccccc5C)nc4OC)cc(CC)c3n2)CC1. The summed E-state index contributed by atoms with van der Waals surface area (Å²) in [6, 6.07) is 15.0. The summed E-state index contributed by atoms with van der Waals surface area (Å²) >= 11 is 0. The van der Waals surface area contributed by atoms with Crippen LogP contribution in [0.25, 0.3) is 22.0 Å². The number of nitrogens with zero attached hydrogens (tertiary/aromatic N) is 4. The summed E-state index contributed by atoms with van der Waals surface area (Å²) in [6.45, 7) is 7.53. The maximum absolute atomic E-state index is 13.0. The number of benzene rings is 2. The van der Waals surface area contributed by atoms with Gasteiger partial charge in [-0.2, -0.15) is 4.98 Å². The fourth-order valence-electron chi connectivity index (χ4n) is 5.22. The van der Waals surface area contributed by atoms with Crippen LogP contribution in [0.5, 0.6) is 5.88 Å². The van der Waals surface area contributed by atoms with Crippen molar-refractivity contribution in [2.45, 2.75) is 62.9 Å². The zero-order chi connectivity index (χ0) is 28.3. The molecule has 10 heteroatoms. The number of nitrogens with one attached hydrogen (secondary N) is 2. The minimum absolute atomic E-state index is 0.178. The van der Waals surface area contributed by atoms with Crippen LogP contribution in [-0.4, -0.2) is 49.3 Å². The second kappa shape index (κ2) is 11.6. The Morgan fingerprint density at radius 1 is 1.07 bits per heavy atom. The van der Waals surface area contributed by atoms with E-state index in [2.05, 4.69) is 44.7 Å². The van der Waals surface area contributed by atoms with Crippen LogP contribution in [0.2, 0.25) is 0 Å².